The Hall–Kier alpha value is -3.27. The molecule has 174 valence electrons. The van der Waals surface area contributed by atoms with Gasteiger partial charge in [-0.25, -0.2) is 4.98 Å². The lowest BCUT2D eigenvalue weighted by atomic mass is 9.96. The SMILES string of the molecule is NC(=O)C1CCN(C(=O)Cc2csc(NC(=O)CN(C(=O)c3ccccc3)C3CC3)n2)CC1. The molecule has 2 aromatic rings. The van der Waals surface area contributed by atoms with E-state index in [1.165, 1.54) is 11.3 Å². The normalized spacial score (nSPS) is 16.3. The molecule has 1 saturated heterocycles. The Labute approximate surface area is 196 Å². The standard InChI is InChI=1S/C23H27N5O4S/c24-21(31)15-8-10-27(11-9-15)20(30)12-17-14-33-23(25-17)26-19(29)13-28(18-6-7-18)22(32)16-4-2-1-3-5-16/h1-5,14-15,18H,6-13H2,(H2,24,31)(H,25,26,29). The van der Waals surface area contributed by atoms with Gasteiger partial charge in [0.2, 0.25) is 17.7 Å². The Balaban J connectivity index is 1.29. The Morgan fingerprint density at radius 1 is 1.09 bits per heavy atom. The quantitative estimate of drug-likeness (QED) is 0.608. The summed E-state index contributed by atoms with van der Waals surface area (Å²) in [6.07, 6.45) is 3.09. The largest absolute Gasteiger partial charge is 0.369 e. The van der Waals surface area contributed by atoms with Gasteiger partial charge in [-0.3, -0.25) is 19.2 Å². The molecule has 1 aromatic heterocycles. The van der Waals surface area contributed by atoms with E-state index in [-0.39, 0.29) is 48.6 Å². The predicted molar refractivity (Wildman–Crippen MR) is 123 cm³/mol. The van der Waals surface area contributed by atoms with Crippen molar-refractivity contribution in [1.82, 2.24) is 14.8 Å². The van der Waals surface area contributed by atoms with Crippen LogP contribution in [0.1, 0.15) is 41.7 Å². The predicted octanol–water partition coefficient (Wildman–Crippen LogP) is 1.65. The number of benzene rings is 1. The van der Waals surface area contributed by atoms with Gasteiger partial charge < -0.3 is 20.9 Å². The number of hydrogen-bond acceptors (Lipinski definition) is 6. The first kappa shape index (κ1) is 22.9. The van der Waals surface area contributed by atoms with Crippen LogP contribution in [0.5, 0.6) is 0 Å². The van der Waals surface area contributed by atoms with Gasteiger partial charge >= 0.3 is 0 Å². The number of nitrogens with two attached hydrogens (primary N) is 1. The molecule has 1 aliphatic carbocycles. The Kier molecular flexibility index (Phi) is 7.02. The number of nitrogens with one attached hydrogen (secondary N) is 1. The average Bonchev–Trinajstić information content (AvgIpc) is 3.58. The zero-order valence-electron chi connectivity index (χ0n) is 18.2. The monoisotopic (exact) mass is 469 g/mol. The molecule has 2 heterocycles. The minimum Gasteiger partial charge on any atom is -0.369 e. The van der Waals surface area contributed by atoms with Crippen molar-refractivity contribution >= 4 is 40.1 Å². The smallest absolute Gasteiger partial charge is 0.254 e. The molecule has 33 heavy (non-hydrogen) atoms. The van der Waals surface area contributed by atoms with Gasteiger partial charge in [0.05, 0.1) is 12.1 Å². The highest BCUT2D eigenvalue weighted by Crippen LogP contribution is 2.28. The minimum absolute atomic E-state index is 0.0406. The maximum Gasteiger partial charge on any atom is 0.254 e. The number of likely N-dealkylation sites (tertiary alicyclic amines) is 1. The molecule has 1 aromatic carbocycles. The first-order valence-electron chi connectivity index (χ1n) is 11.1. The maximum absolute atomic E-state index is 12.8. The highest BCUT2D eigenvalue weighted by atomic mass is 32.1. The molecule has 0 radical (unpaired) electrons. The van der Waals surface area contributed by atoms with Crippen LogP contribution in [0.2, 0.25) is 0 Å². The number of rotatable bonds is 8. The second kappa shape index (κ2) is 10.1. The van der Waals surface area contributed by atoms with Crippen molar-refractivity contribution in [3.05, 3.63) is 47.0 Å². The van der Waals surface area contributed by atoms with Crippen molar-refractivity contribution in [2.45, 2.75) is 38.1 Å². The van der Waals surface area contributed by atoms with Crippen molar-refractivity contribution in [2.75, 3.05) is 25.0 Å². The van der Waals surface area contributed by atoms with E-state index < -0.39 is 0 Å². The molecule has 4 rings (SSSR count). The van der Waals surface area contributed by atoms with Gasteiger partial charge in [-0.05, 0) is 37.8 Å². The first-order chi connectivity index (χ1) is 15.9. The van der Waals surface area contributed by atoms with Crippen LogP contribution in [0.4, 0.5) is 5.13 Å². The van der Waals surface area contributed by atoms with E-state index in [1.54, 1.807) is 39.4 Å². The second-order valence-electron chi connectivity index (χ2n) is 8.46. The van der Waals surface area contributed by atoms with Gasteiger partial charge in [0.1, 0.15) is 6.54 Å². The second-order valence-corrected chi connectivity index (χ2v) is 9.31. The van der Waals surface area contributed by atoms with Gasteiger partial charge in [0.15, 0.2) is 5.13 Å². The molecule has 2 aliphatic rings. The number of carbonyl (C=O) groups excluding carboxylic acids is 4. The Bertz CT molecular complexity index is 1030. The maximum atomic E-state index is 12.8. The molecule has 0 unspecified atom stereocenters. The number of hydrogen-bond donors (Lipinski definition) is 2. The van der Waals surface area contributed by atoms with Gasteiger partial charge in [-0.1, -0.05) is 18.2 Å². The molecule has 1 aliphatic heterocycles. The molecule has 10 heteroatoms. The fourth-order valence-corrected chi connectivity index (χ4v) is 4.67. The molecule has 0 bridgehead atoms. The number of primary amides is 1. The lowest BCUT2D eigenvalue weighted by Gasteiger charge is -2.30. The summed E-state index contributed by atoms with van der Waals surface area (Å²) < 4.78 is 0. The van der Waals surface area contributed by atoms with Gasteiger partial charge in [-0.15, -0.1) is 11.3 Å². The fourth-order valence-electron chi connectivity index (χ4n) is 3.94. The molecule has 2 fully saturated rings. The van der Waals surface area contributed by atoms with Gasteiger partial charge in [0, 0.05) is 36.0 Å². The van der Waals surface area contributed by atoms with Crippen LogP contribution in [-0.4, -0.2) is 64.1 Å². The zero-order valence-corrected chi connectivity index (χ0v) is 19.1. The van der Waals surface area contributed by atoms with E-state index in [2.05, 4.69) is 10.3 Å². The molecular formula is C23H27N5O4S. The van der Waals surface area contributed by atoms with E-state index in [1.807, 2.05) is 6.07 Å². The van der Waals surface area contributed by atoms with Crippen LogP contribution in [0.3, 0.4) is 0 Å². The molecule has 4 amide bonds. The summed E-state index contributed by atoms with van der Waals surface area (Å²) in [4.78, 5) is 56.9. The molecule has 0 atom stereocenters. The van der Waals surface area contributed by atoms with Crippen molar-refractivity contribution in [2.24, 2.45) is 11.7 Å². The van der Waals surface area contributed by atoms with Crippen molar-refractivity contribution < 1.29 is 19.2 Å². The molecule has 0 spiro atoms. The van der Waals surface area contributed by atoms with Crippen LogP contribution < -0.4 is 11.1 Å². The number of anilines is 1. The minimum atomic E-state index is -0.313. The lowest BCUT2D eigenvalue weighted by Crippen LogP contribution is -2.42. The van der Waals surface area contributed by atoms with Crippen LogP contribution in [0, 0.1) is 5.92 Å². The Morgan fingerprint density at radius 3 is 2.42 bits per heavy atom. The lowest BCUT2D eigenvalue weighted by molar-refractivity contribution is -0.134. The molecule has 3 N–H and O–H groups in total. The van der Waals surface area contributed by atoms with E-state index in [0.717, 1.165) is 12.8 Å². The number of amides is 4. The third-order valence-electron chi connectivity index (χ3n) is 5.96. The van der Waals surface area contributed by atoms with Crippen molar-refractivity contribution in [1.29, 1.82) is 0 Å². The number of thiazole rings is 1. The zero-order chi connectivity index (χ0) is 23.4. The highest BCUT2D eigenvalue weighted by molar-refractivity contribution is 7.13. The Morgan fingerprint density at radius 2 is 1.79 bits per heavy atom. The molecule has 9 nitrogen and oxygen atoms in total. The summed E-state index contributed by atoms with van der Waals surface area (Å²) in [6, 6.07) is 9.03. The van der Waals surface area contributed by atoms with E-state index in [9.17, 15) is 19.2 Å². The van der Waals surface area contributed by atoms with Crippen molar-refractivity contribution in [3.8, 4) is 0 Å². The average molecular weight is 470 g/mol. The molecule has 1 saturated carbocycles. The van der Waals surface area contributed by atoms with Gasteiger partial charge in [0.25, 0.3) is 5.91 Å². The summed E-state index contributed by atoms with van der Waals surface area (Å²) in [6.45, 7) is 0.972. The molecular weight excluding hydrogens is 442 g/mol. The number of aromatic nitrogens is 1. The van der Waals surface area contributed by atoms with E-state index in [0.29, 0.717) is 42.3 Å². The van der Waals surface area contributed by atoms with Gasteiger partial charge in [-0.2, -0.15) is 0 Å². The van der Waals surface area contributed by atoms with Crippen LogP contribution in [0.25, 0.3) is 0 Å². The first-order valence-corrected chi connectivity index (χ1v) is 12.0. The summed E-state index contributed by atoms with van der Waals surface area (Å²) >= 11 is 1.25. The van der Waals surface area contributed by atoms with E-state index >= 15 is 0 Å². The number of nitrogens with zero attached hydrogens (tertiary/aromatic N) is 3. The third-order valence-corrected chi connectivity index (χ3v) is 6.77. The van der Waals surface area contributed by atoms with Crippen LogP contribution >= 0.6 is 11.3 Å². The number of carbonyl (C=O) groups is 4. The van der Waals surface area contributed by atoms with Crippen LogP contribution in [-0.2, 0) is 20.8 Å². The highest BCUT2D eigenvalue weighted by Gasteiger charge is 2.34. The van der Waals surface area contributed by atoms with E-state index in [4.69, 9.17) is 5.73 Å². The summed E-state index contributed by atoms with van der Waals surface area (Å²) in [5, 5.41) is 4.90. The topological polar surface area (TPSA) is 126 Å². The number of piperidine rings is 1. The fraction of sp³-hybridized carbons (Fsp3) is 0.435. The summed E-state index contributed by atoms with van der Waals surface area (Å²) in [5.74, 6) is -1.01. The third kappa shape index (κ3) is 5.95. The summed E-state index contributed by atoms with van der Waals surface area (Å²) in [7, 11) is 0. The van der Waals surface area contributed by atoms with Crippen LogP contribution in [0.15, 0.2) is 35.7 Å². The summed E-state index contributed by atoms with van der Waals surface area (Å²) in [5.41, 5.74) is 6.49. The van der Waals surface area contributed by atoms with Crippen molar-refractivity contribution in [3.63, 3.8) is 0 Å².